The van der Waals surface area contributed by atoms with Crippen LogP contribution < -0.4 is 10.6 Å². The van der Waals surface area contributed by atoms with Crippen LogP contribution in [0.3, 0.4) is 0 Å². The molecule has 1 saturated heterocycles. The van der Waals surface area contributed by atoms with Gasteiger partial charge in [0.05, 0.1) is 5.41 Å². The van der Waals surface area contributed by atoms with Crippen LogP contribution in [-0.2, 0) is 4.79 Å². The van der Waals surface area contributed by atoms with Gasteiger partial charge in [-0.2, -0.15) is 0 Å². The smallest absolute Gasteiger partial charge is 0.227 e. The zero-order chi connectivity index (χ0) is 10.4. The minimum atomic E-state index is -0.185. The molecule has 1 rings (SSSR count). The van der Waals surface area contributed by atoms with Gasteiger partial charge in [-0.1, -0.05) is 12.2 Å². The highest BCUT2D eigenvalue weighted by atomic mass is 16.2. The van der Waals surface area contributed by atoms with Gasteiger partial charge in [0.25, 0.3) is 0 Å². The lowest BCUT2D eigenvalue weighted by atomic mass is 9.89. The predicted octanol–water partition coefficient (Wildman–Crippen LogP) is 1.07. The van der Waals surface area contributed by atoms with E-state index in [4.69, 9.17) is 0 Å². The third-order valence-electron chi connectivity index (χ3n) is 2.75. The second-order valence-corrected chi connectivity index (χ2v) is 4.10. The lowest BCUT2D eigenvalue weighted by Crippen LogP contribution is -2.40. The Balaban J connectivity index is 2.27. The number of allylic oxidation sites excluding steroid dienone is 1. The van der Waals surface area contributed by atoms with E-state index in [2.05, 4.69) is 16.7 Å². The van der Waals surface area contributed by atoms with Crippen molar-refractivity contribution in [2.75, 3.05) is 19.6 Å². The van der Waals surface area contributed by atoms with E-state index in [1.54, 1.807) is 0 Å². The fourth-order valence-corrected chi connectivity index (χ4v) is 1.66. The Bertz CT molecular complexity index is 217. The molecule has 14 heavy (non-hydrogen) atoms. The summed E-state index contributed by atoms with van der Waals surface area (Å²) in [6, 6.07) is 0. The number of rotatable bonds is 4. The molecule has 0 spiro atoms. The molecule has 0 aliphatic carbocycles. The maximum Gasteiger partial charge on any atom is 0.227 e. The van der Waals surface area contributed by atoms with Crippen LogP contribution in [0.25, 0.3) is 0 Å². The Morgan fingerprint density at radius 3 is 3.00 bits per heavy atom. The van der Waals surface area contributed by atoms with Gasteiger partial charge in [0, 0.05) is 13.1 Å². The molecule has 1 aliphatic heterocycles. The highest BCUT2D eigenvalue weighted by Crippen LogP contribution is 2.24. The standard InChI is InChI=1S/C11H20N2O/c1-3-4-5-7-13-10(14)11(2)6-8-12-9-11/h3-4,12H,5-9H2,1-2H3,(H,13,14)/b4-3+. The van der Waals surface area contributed by atoms with Crippen molar-refractivity contribution in [3.05, 3.63) is 12.2 Å². The van der Waals surface area contributed by atoms with Crippen molar-refractivity contribution in [3.63, 3.8) is 0 Å². The summed E-state index contributed by atoms with van der Waals surface area (Å²) in [6.45, 7) is 6.53. The first kappa shape index (κ1) is 11.2. The van der Waals surface area contributed by atoms with E-state index in [0.717, 1.165) is 32.5 Å². The Labute approximate surface area is 86.0 Å². The van der Waals surface area contributed by atoms with Crippen molar-refractivity contribution in [2.24, 2.45) is 5.41 Å². The van der Waals surface area contributed by atoms with Crippen LogP contribution in [0.15, 0.2) is 12.2 Å². The third kappa shape index (κ3) is 2.84. The number of amides is 1. The zero-order valence-electron chi connectivity index (χ0n) is 9.10. The summed E-state index contributed by atoms with van der Waals surface area (Å²) in [5, 5.41) is 6.19. The lowest BCUT2D eigenvalue weighted by Gasteiger charge is -2.21. The monoisotopic (exact) mass is 196 g/mol. The molecule has 1 aliphatic rings. The summed E-state index contributed by atoms with van der Waals surface area (Å²) in [4.78, 5) is 11.8. The summed E-state index contributed by atoms with van der Waals surface area (Å²) >= 11 is 0. The second kappa shape index (κ2) is 5.15. The number of hydrogen-bond donors (Lipinski definition) is 2. The van der Waals surface area contributed by atoms with Crippen LogP contribution in [0.1, 0.15) is 26.7 Å². The van der Waals surface area contributed by atoms with Crippen LogP contribution in [0.5, 0.6) is 0 Å². The van der Waals surface area contributed by atoms with Crippen molar-refractivity contribution in [2.45, 2.75) is 26.7 Å². The molecule has 80 valence electrons. The minimum Gasteiger partial charge on any atom is -0.355 e. The van der Waals surface area contributed by atoms with Crippen LogP contribution >= 0.6 is 0 Å². The Morgan fingerprint density at radius 1 is 1.64 bits per heavy atom. The van der Waals surface area contributed by atoms with Gasteiger partial charge in [-0.25, -0.2) is 0 Å². The van der Waals surface area contributed by atoms with Gasteiger partial charge in [0.1, 0.15) is 0 Å². The van der Waals surface area contributed by atoms with Crippen molar-refractivity contribution in [1.82, 2.24) is 10.6 Å². The molecule has 1 atom stereocenters. The quantitative estimate of drug-likeness (QED) is 0.521. The van der Waals surface area contributed by atoms with Gasteiger partial charge in [0.15, 0.2) is 0 Å². The second-order valence-electron chi connectivity index (χ2n) is 4.10. The van der Waals surface area contributed by atoms with E-state index in [9.17, 15) is 4.79 Å². The van der Waals surface area contributed by atoms with E-state index in [1.165, 1.54) is 0 Å². The molecule has 3 heteroatoms. The molecule has 1 amide bonds. The fraction of sp³-hybridized carbons (Fsp3) is 0.727. The van der Waals surface area contributed by atoms with Gasteiger partial charge < -0.3 is 10.6 Å². The minimum absolute atomic E-state index is 0.185. The SMILES string of the molecule is C/C=C/CCNC(=O)C1(C)CCNC1. The van der Waals surface area contributed by atoms with Gasteiger partial charge >= 0.3 is 0 Å². The van der Waals surface area contributed by atoms with Crippen molar-refractivity contribution >= 4 is 5.91 Å². The van der Waals surface area contributed by atoms with Crippen molar-refractivity contribution < 1.29 is 4.79 Å². The molecule has 0 saturated carbocycles. The van der Waals surface area contributed by atoms with E-state index in [1.807, 2.05) is 19.9 Å². The van der Waals surface area contributed by atoms with E-state index in [0.29, 0.717) is 0 Å². The molecule has 1 heterocycles. The third-order valence-corrected chi connectivity index (χ3v) is 2.75. The molecule has 0 radical (unpaired) electrons. The highest BCUT2D eigenvalue weighted by Gasteiger charge is 2.35. The molecule has 0 aromatic heterocycles. The molecule has 1 fully saturated rings. The number of carbonyl (C=O) groups is 1. The Kier molecular flexibility index (Phi) is 4.14. The van der Waals surface area contributed by atoms with Crippen LogP contribution in [0, 0.1) is 5.41 Å². The normalized spacial score (nSPS) is 27.0. The largest absolute Gasteiger partial charge is 0.355 e. The molecular formula is C11H20N2O. The van der Waals surface area contributed by atoms with E-state index >= 15 is 0 Å². The van der Waals surface area contributed by atoms with Gasteiger partial charge in [-0.15, -0.1) is 0 Å². The number of carbonyl (C=O) groups excluding carboxylic acids is 1. The molecule has 1 unspecified atom stereocenters. The molecule has 2 N–H and O–H groups in total. The Hall–Kier alpha value is -0.830. The molecule has 3 nitrogen and oxygen atoms in total. The van der Waals surface area contributed by atoms with E-state index < -0.39 is 0 Å². The first-order chi connectivity index (χ1) is 6.69. The zero-order valence-corrected chi connectivity index (χ0v) is 9.10. The maximum atomic E-state index is 11.8. The average Bonchev–Trinajstić information content (AvgIpc) is 2.61. The van der Waals surface area contributed by atoms with Gasteiger partial charge in [0.2, 0.25) is 5.91 Å². The summed E-state index contributed by atoms with van der Waals surface area (Å²) in [6.07, 6.45) is 5.94. The summed E-state index contributed by atoms with van der Waals surface area (Å²) in [5.74, 6) is 0.187. The summed E-state index contributed by atoms with van der Waals surface area (Å²) in [7, 11) is 0. The maximum absolute atomic E-state index is 11.8. The first-order valence-electron chi connectivity index (χ1n) is 5.29. The van der Waals surface area contributed by atoms with E-state index in [-0.39, 0.29) is 11.3 Å². The summed E-state index contributed by atoms with van der Waals surface area (Å²) in [5.41, 5.74) is -0.185. The van der Waals surface area contributed by atoms with Crippen molar-refractivity contribution in [1.29, 1.82) is 0 Å². The van der Waals surface area contributed by atoms with Gasteiger partial charge in [-0.3, -0.25) is 4.79 Å². The topological polar surface area (TPSA) is 41.1 Å². The first-order valence-corrected chi connectivity index (χ1v) is 5.29. The van der Waals surface area contributed by atoms with Gasteiger partial charge in [-0.05, 0) is 33.2 Å². The molecular weight excluding hydrogens is 176 g/mol. The van der Waals surface area contributed by atoms with Crippen LogP contribution in [0.2, 0.25) is 0 Å². The molecule has 0 aromatic rings. The number of nitrogens with one attached hydrogen (secondary N) is 2. The van der Waals surface area contributed by atoms with Crippen LogP contribution in [0.4, 0.5) is 0 Å². The molecule has 0 bridgehead atoms. The average molecular weight is 196 g/mol. The van der Waals surface area contributed by atoms with Crippen LogP contribution in [-0.4, -0.2) is 25.5 Å². The van der Waals surface area contributed by atoms with Crippen molar-refractivity contribution in [3.8, 4) is 0 Å². The Morgan fingerprint density at radius 2 is 2.43 bits per heavy atom. The fourth-order valence-electron chi connectivity index (χ4n) is 1.66. The number of hydrogen-bond acceptors (Lipinski definition) is 2. The predicted molar refractivity (Wildman–Crippen MR) is 58.0 cm³/mol. The lowest BCUT2D eigenvalue weighted by molar-refractivity contribution is -0.129. The highest BCUT2D eigenvalue weighted by molar-refractivity contribution is 5.82. The summed E-state index contributed by atoms with van der Waals surface area (Å²) < 4.78 is 0. The molecule has 0 aromatic carbocycles.